The molecule has 2 heterocycles. The Kier molecular flexibility index (Phi) is 7.27. The van der Waals surface area contributed by atoms with E-state index in [9.17, 15) is 9.59 Å². The van der Waals surface area contributed by atoms with E-state index < -0.39 is 0 Å². The van der Waals surface area contributed by atoms with Gasteiger partial charge in [-0.1, -0.05) is 25.6 Å². The van der Waals surface area contributed by atoms with Crippen molar-refractivity contribution in [1.29, 1.82) is 0 Å². The smallest absolute Gasteiger partial charge is 0.227 e. The van der Waals surface area contributed by atoms with E-state index in [1.54, 1.807) is 24.3 Å². The molecule has 1 aromatic heterocycles. The fourth-order valence-corrected chi connectivity index (χ4v) is 3.81. The zero-order chi connectivity index (χ0) is 20.8. The number of carbonyl (C=O) groups excluding carboxylic acids is 2. The summed E-state index contributed by atoms with van der Waals surface area (Å²) in [4.78, 5) is 26.5. The van der Waals surface area contributed by atoms with Gasteiger partial charge in [0.05, 0.1) is 19.0 Å². The quantitative estimate of drug-likeness (QED) is 0.522. The van der Waals surface area contributed by atoms with E-state index in [2.05, 4.69) is 20.4 Å². The molecule has 0 radical (unpaired) electrons. The molecule has 0 unspecified atom stereocenters. The predicted octanol–water partition coefficient (Wildman–Crippen LogP) is 2.61. The number of anilines is 2. The zero-order valence-electron chi connectivity index (χ0n) is 17.1. The summed E-state index contributed by atoms with van der Waals surface area (Å²) in [6, 6.07) is 7.00. The molecule has 156 valence electrons. The highest BCUT2D eigenvalue weighted by Crippen LogP contribution is 2.22. The molecule has 1 fully saturated rings. The molecule has 29 heavy (non-hydrogen) atoms. The first kappa shape index (κ1) is 21.3. The highest BCUT2D eigenvalue weighted by Gasteiger charge is 2.19. The van der Waals surface area contributed by atoms with Crippen molar-refractivity contribution in [3.8, 4) is 0 Å². The molecule has 9 heteroatoms. The van der Waals surface area contributed by atoms with Gasteiger partial charge in [-0.3, -0.25) is 14.2 Å². The molecule has 3 rings (SSSR count). The Morgan fingerprint density at radius 1 is 1.17 bits per heavy atom. The minimum Gasteiger partial charge on any atom is -0.378 e. The second kappa shape index (κ2) is 9.89. The average molecular weight is 418 g/mol. The number of nitrogens with zero attached hydrogens (tertiary/aromatic N) is 4. The number of morpholine rings is 1. The van der Waals surface area contributed by atoms with Crippen molar-refractivity contribution in [2.75, 3.05) is 42.3 Å². The van der Waals surface area contributed by atoms with Crippen molar-refractivity contribution in [2.45, 2.75) is 25.4 Å². The maximum absolute atomic E-state index is 12.5. The van der Waals surface area contributed by atoms with Gasteiger partial charge in [0.1, 0.15) is 0 Å². The lowest BCUT2D eigenvalue weighted by molar-refractivity contribution is -0.116. The Morgan fingerprint density at radius 3 is 2.52 bits per heavy atom. The van der Waals surface area contributed by atoms with E-state index in [1.165, 1.54) is 11.8 Å². The van der Waals surface area contributed by atoms with Crippen LogP contribution in [-0.4, -0.2) is 58.5 Å². The van der Waals surface area contributed by atoms with Gasteiger partial charge >= 0.3 is 0 Å². The molecule has 1 aliphatic heterocycles. The highest BCUT2D eigenvalue weighted by molar-refractivity contribution is 7.99. The normalized spacial score (nSPS) is 14.3. The van der Waals surface area contributed by atoms with Gasteiger partial charge < -0.3 is 15.0 Å². The van der Waals surface area contributed by atoms with Crippen molar-refractivity contribution < 1.29 is 14.3 Å². The van der Waals surface area contributed by atoms with Crippen LogP contribution in [0.25, 0.3) is 0 Å². The van der Waals surface area contributed by atoms with Crippen LogP contribution in [0.4, 0.5) is 11.6 Å². The van der Waals surface area contributed by atoms with Gasteiger partial charge in [-0.2, -0.15) is 0 Å². The standard InChI is InChI=1S/C20H27N5O3S/c1-14(2)12-18(27)21-16-6-4-15(5-7-16)17(26)13-29-20-23-22-19(24(20)3)25-8-10-28-11-9-25/h4-7,14H,8-13H2,1-3H3,(H,21,27). The molecule has 1 aromatic carbocycles. The van der Waals surface area contributed by atoms with E-state index >= 15 is 0 Å². The molecule has 2 aromatic rings. The summed E-state index contributed by atoms with van der Waals surface area (Å²) >= 11 is 1.37. The summed E-state index contributed by atoms with van der Waals surface area (Å²) < 4.78 is 7.28. The van der Waals surface area contributed by atoms with Crippen molar-refractivity contribution in [3.63, 3.8) is 0 Å². The second-order valence-electron chi connectivity index (χ2n) is 7.38. The Morgan fingerprint density at radius 2 is 1.86 bits per heavy atom. The number of rotatable bonds is 8. The number of amides is 1. The Labute approximate surface area is 175 Å². The zero-order valence-corrected chi connectivity index (χ0v) is 17.9. The molecule has 8 nitrogen and oxygen atoms in total. The number of hydrogen-bond donors (Lipinski definition) is 1. The molecular weight excluding hydrogens is 390 g/mol. The molecular formula is C20H27N5O3S. The van der Waals surface area contributed by atoms with Crippen molar-refractivity contribution in [2.24, 2.45) is 13.0 Å². The van der Waals surface area contributed by atoms with Crippen LogP contribution in [0.15, 0.2) is 29.4 Å². The molecule has 0 atom stereocenters. The Balaban J connectivity index is 1.54. The van der Waals surface area contributed by atoms with Gasteiger partial charge in [-0.25, -0.2) is 0 Å². The number of thioether (sulfide) groups is 1. The maximum atomic E-state index is 12.5. The third-order valence-electron chi connectivity index (χ3n) is 4.52. The van der Waals surface area contributed by atoms with Crippen LogP contribution in [-0.2, 0) is 16.6 Å². The third kappa shape index (κ3) is 5.80. The summed E-state index contributed by atoms with van der Waals surface area (Å²) in [6.45, 7) is 6.94. The van der Waals surface area contributed by atoms with Crippen molar-refractivity contribution >= 4 is 35.1 Å². The monoisotopic (exact) mass is 417 g/mol. The second-order valence-corrected chi connectivity index (χ2v) is 8.32. The van der Waals surface area contributed by atoms with Crippen LogP contribution >= 0.6 is 11.8 Å². The minimum atomic E-state index is -0.0204. The summed E-state index contributed by atoms with van der Waals surface area (Å²) in [6.07, 6.45) is 0.474. The Hall–Kier alpha value is -2.39. The minimum absolute atomic E-state index is 0.00554. The number of benzene rings is 1. The first-order chi connectivity index (χ1) is 13.9. The number of aromatic nitrogens is 3. The molecule has 1 saturated heterocycles. The van der Waals surface area contributed by atoms with Crippen molar-refractivity contribution in [3.05, 3.63) is 29.8 Å². The van der Waals surface area contributed by atoms with Crippen LogP contribution < -0.4 is 10.2 Å². The van der Waals surface area contributed by atoms with Crippen molar-refractivity contribution in [1.82, 2.24) is 14.8 Å². The third-order valence-corrected chi connectivity index (χ3v) is 5.54. The van der Waals surface area contributed by atoms with E-state index in [0.29, 0.717) is 42.0 Å². The summed E-state index contributed by atoms with van der Waals surface area (Å²) in [7, 11) is 1.91. The first-order valence-corrected chi connectivity index (χ1v) is 10.7. The molecule has 1 N–H and O–H groups in total. The largest absolute Gasteiger partial charge is 0.378 e. The van der Waals surface area contributed by atoms with Crippen LogP contribution in [0.1, 0.15) is 30.6 Å². The van der Waals surface area contributed by atoms with Gasteiger partial charge in [0, 0.05) is 37.8 Å². The molecule has 0 bridgehead atoms. The van der Waals surface area contributed by atoms with E-state index in [-0.39, 0.29) is 17.4 Å². The number of carbonyl (C=O) groups is 2. The number of ketones is 1. The topological polar surface area (TPSA) is 89.3 Å². The number of ether oxygens (including phenoxy) is 1. The Bertz CT molecular complexity index is 844. The molecule has 0 aliphatic carbocycles. The molecule has 1 amide bonds. The average Bonchev–Trinajstić information content (AvgIpc) is 3.07. The number of nitrogens with one attached hydrogen (secondary N) is 1. The lowest BCUT2D eigenvalue weighted by Gasteiger charge is -2.27. The van der Waals surface area contributed by atoms with Crippen LogP contribution in [0.5, 0.6) is 0 Å². The van der Waals surface area contributed by atoms with Crippen LogP contribution in [0.3, 0.4) is 0 Å². The predicted molar refractivity (Wildman–Crippen MR) is 114 cm³/mol. The van der Waals surface area contributed by atoms with E-state index in [0.717, 1.165) is 19.0 Å². The molecule has 1 aliphatic rings. The van der Waals surface area contributed by atoms with E-state index in [1.807, 2.05) is 25.5 Å². The van der Waals surface area contributed by atoms with E-state index in [4.69, 9.17) is 4.74 Å². The SMILES string of the molecule is CC(C)CC(=O)Nc1ccc(C(=O)CSc2nnc(N3CCOCC3)n2C)cc1. The maximum Gasteiger partial charge on any atom is 0.227 e. The lowest BCUT2D eigenvalue weighted by Crippen LogP contribution is -2.37. The van der Waals surface area contributed by atoms with Gasteiger partial charge in [0.25, 0.3) is 0 Å². The van der Waals surface area contributed by atoms with Crippen LogP contribution in [0.2, 0.25) is 0 Å². The van der Waals surface area contributed by atoms with Gasteiger partial charge in [0.2, 0.25) is 11.9 Å². The lowest BCUT2D eigenvalue weighted by atomic mass is 10.1. The summed E-state index contributed by atoms with van der Waals surface area (Å²) in [5.41, 5.74) is 1.30. The molecule has 0 spiro atoms. The number of Topliss-reactive ketones (excluding diaryl/α,β-unsaturated/α-hetero) is 1. The van der Waals surface area contributed by atoms with Gasteiger partial charge in [-0.05, 0) is 30.2 Å². The fourth-order valence-electron chi connectivity index (χ4n) is 3.01. The van der Waals surface area contributed by atoms with Gasteiger partial charge in [0.15, 0.2) is 10.9 Å². The summed E-state index contributed by atoms with van der Waals surface area (Å²) in [5.74, 6) is 1.36. The number of hydrogen-bond acceptors (Lipinski definition) is 7. The fraction of sp³-hybridized carbons (Fsp3) is 0.500. The molecule has 0 saturated carbocycles. The summed E-state index contributed by atoms with van der Waals surface area (Å²) in [5, 5.41) is 12.0. The van der Waals surface area contributed by atoms with Crippen LogP contribution in [0, 0.1) is 5.92 Å². The first-order valence-electron chi connectivity index (χ1n) is 9.72. The van der Waals surface area contributed by atoms with Gasteiger partial charge in [-0.15, -0.1) is 10.2 Å². The highest BCUT2D eigenvalue weighted by atomic mass is 32.2.